The van der Waals surface area contributed by atoms with Gasteiger partial charge in [-0.15, -0.1) is 0 Å². The van der Waals surface area contributed by atoms with Crippen LogP contribution in [0.2, 0.25) is 0 Å². The van der Waals surface area contributed by atoms with Crippen molar-refractivity contribution in [1.82, 2.24) is 4.98 Å². The molecule has 0 fully saturated rings. The van der Waals surface area contributed by atoms with Crippen LogP contribution in [0.4, 0.5) is 17.2 Å². The maximum absolute atomic E-state index is 10.7. The Hall–Kier alpha value is -2.68. The molecule has 0 bridgehead atoms. The van der Waals surface area contributed by atoms with Crippen LogP contribution >= 0.6 is 11.8 Å². The van der Waals surface area contributed by atoms with Crippen LogP contribution in [-0.4, -0.2) is 14.8 Å². The van der Waals surface area contributed by atoms with Crippen LogP contribution < -0.4 is 5.73 Å². The van der Waals surface area contributed by atoms with Gasteiger partial charge in [0.25, 0.3) is 11.4 Å². The highest BCUT2D eigenvalue weighted by molar-refractivity contribution is 7.99. The van der Waals surface area contributed by atoms with Crippen molar-refractivity contribution in [2.45, 2.75) is 9.92 Å². The summed E-state index contributed by atoms with van der Waals surface area (Å²) in [4.78, 5) is 24.8. The Kier molecular flexibility index (Phi) is 3.80. The predicted octanol–water partition coefficient (Wildman–Crippen LogP) is 2.63. The fraction of sp³-hybridized carbons (Fsp3) is 0. The molecule has 0 amide bonds. The van der Waals surface area contributed by atoms with E-state index in [4.69, 9.17) is 5.73 Å². The third kappa shape index (κ3) is 3.20. The number of nitrogens with zero attached hydrogens (tertiary/aromatic N) is 3. The van der Waals surface area contributed by atoms with Crippen molar-refractivity contribution in [2.75, 3.05) is 5.73 Å². The third-order valence-electron chi connectivity index (χ3n) is 2.29. The van der Waals surface area contributed by atoms with Gasteiger partial charge in [-0.2, -0.15) is 0 Å². The van der Waals surface area contributed by atoms with Crippen molar-refractivity contribution in [1.29, 1.82) is 0 Å². The molecule has 0 aliphatic carbocycles. The number of nitro benzene ring substituents is 1. The molecule has 1 aromatic heterocycles. The number of rotatable bonds is 4. The van der Waals surface area contributed by atoms with Crippen LogP contribution in [0.3, 0.4) is 0 Å². The van der Waals surface area contributed by atoms with Crippen molar-refractivity contribution in [2.24, 2.45) is 0 Å². The first-order valence-corrected chi connectivity index (χ1v) is 6.11. The zero-order valence-electron chi connectivity index (χ0n) is 9.92. The second-order valence-electron chi connectivity index (χ2n) is 3.70. The first-order valence-electron chi connectivity index (χ1n) is 5.30. The molecule has 0 radical (unpaired) electrons. The van der Waals surface area contributed by atoms with Crippen LogP contribution in [0, 0.1) is 20.2 Å². The topological polar surface area (TPSA) is 125 Å². The summed E-state index contributed by atoms with van der Waals surface area (Å²) >= 11 is 1.14. The maximum atomic E-state index is 10.7. The van der Waals surface area contributed by atoms with Crippen LogP contribution in [-0.2, 0) is 0 Å². The number of non-ortho nitro benzene ring substituents is 1. The van der Waals surface area contributed by atoms with Crippen molar-refractivity contribution < 1.29 is 9.85 Å². The quantitative estimate of drug-likeness (QED) is 0.678. The number of pyridine rings is 1. The molecule has 0 aliphatic heterocycles. The number of aromatic nitrogens is 1. The molecule has 0 saturated carbocycles. The summed E-state index contributed by atoms with van der Waals surface area (Å²) in [6.45, 7) is 0. The third-order valence-corrected chi connectivity index (χ3v) is 3.21. The number of nitrogens with two attached hydrogens (primary N) is 1. The molecule has 0 aliphatic rings. The molecule has 0 atom stereocenters. The van der Waals surface area contributed by atoms with E-state index in [2.05, 4.69) is 4.98 Å². The highest BCUT2D eigenvalue weighted by Gasteiger charge is 2.11. The molecule has 20 heavy (non-hydrogen) atoms. The van der Waals surface area contributed by atoms with Gasteiger partial charge >= 0.3 is 0 Å². The molecule has 2 N–H and O–H groups in total. The minimum atomic E-state index is -0.558. The van der Waals surface area contributed by atoms with Gasteiger partial charge in [-0.3, -0.25) is 20.2 Å². The van der Waals surface area contributed by atoms with Gasteiger partial charge in [-0.05, 0) is 12.1 Å². The van der Waals surface area contributed by atoms with E-state index in [0.717, 1.165) is 11.8 Å². The molecule has 0 unspecified atom stereocenters. The highest BCUT2D eigenvalue weighted by atomic mass is 32.2. The van der Waals surface area contributed by atoms with Crippen LogP contribution in [0.25, 0.3) is 0 Å². The summed E-state index contributed by atoms with van der Waals surface area (Å²) in [6, 6.07) is 8.24. The predicted molar refractivity (Wildman–Crippen MR) is 72.5 cm³/mol. The highest BCUT2D eigenvalue weighted by Crippen LogP contribution is 2.30. The van der Waals surface area contributed by atoms with Crippen LogP contribution in [0.5, 0.6) is 0 Å². The van der Waals surface area contributed by atoms with E-state index in [9.17, 15) is 20.2 Å². The van der Waals surface area contributed by atoms with E-state index in [1.54, 1.807) is 12.1 Å². The SMILES string of the molecule is Nc1cc([N+](=O)[O-])cc(Sc2ccc([N+](=O)[O-])cc2)n1. The number of nitrogen functional groups attached to an aromatic ring is 1. The largest absolute Gasteiger partial charge is 0.383 e. The van der Waals surface area contributed by atoms with Crippen molar-refractivity contribution in [3.63, 3.8) is 0 Å². The lowest BCUT2D eigenvalue weighted by molar-refractivity contribution is -0.385. The summed E-state index contributed by atoms with van der Waals surface area (Å²) < 4.78 is 0. The lowest BCUT2D eigenvalue weighted by Gasteiger charge is -2.02. The molecule has 9 heteroatoms. The van der Waals surface area contributed by atoms with Gasteiger partial charge in [0.2, 0.25) is 0 Å². The average Bonchev–Trinajstić information content (AvgIpc) is 2.38. The molecular formula is C11H8N4O4S. The summed E-state index contributed by atoms with van der Waals surface area (Å²) in [5, 5.41) is 21.6. The second-order valence-corrected chi connectivity index (χ2v) is 4.79. The minimum Gasteiger partial charge on any atom is -0.383 e. The van der Waals surface area contributed by atoms with Crippen molar-refractivity contribution in [3.05, 3.63) is 56.6 Å². The number of hydrogen-bond acceptors (Lipinski definition) is 7. The summed E-state index contributed by atoms with van der Waals surface area (Å²) in [7, 11) is 0. The first kappa shape index (κ1) is 13.7. The average molecular weight is 292 g/mol. The van der Waals surface area contributed by atoms with Gasteiger partial charge in [0.15, 0.2) is 0 Å². The van der Waals surface area contributed by atoms with Crippen molar-refractivity contribution in [3.8, 4) is 0 Å². The molecule has 2 rings (SSSR count). The Labute approximate surface area is 116 Å². The lowest BCUT2D eigenvalue weighted by Crippen LogP contribution is -1.95. The Balaban J connectivity index is 2.25. The lowest BCUT2D eigenvalue weighted by atomic mass is 10.3. The number of hydrogen-bond donors (Lipinski definition) is 1. The number of anilines is 1. The van der Waals surface area contributed by atoms with Gasteiger partial charge in [0, 0.05) is 23.1 Å². The number of benzene rings is 1. The van der Waals surface area contributed by atoms with E-state index in [-0.39, 0.29) is 17.2 Å². The summed E-state index contributed by atoms with van der Waals surface area (Å²) in [6.07, 6.45) is 0. The molecule has 0 saturated heterocycles. The second kappa shape index (κ2) is 5.53. The Bertz CT molecular complexity index is 675. The van der Waals surface area contributed by atoms with E-state index < -0.39 is 9.85 Å². The monoisotopic (exact) mass is 292 g/mol. The molecule has 0 spiro atoms. The molecule has 8 nitrogen and oxygen atoms in total. The zero-order valence-corrected chi connectivity index (χ0v) is 10.7. The van der Waals surface area contributed by atoms with E-state index in [1.807, 2.05) is 0 Å². The summed E-state index contributed by atoms with van der Waals surface area (Å²) in [5.74, 6) is 0.0450. The minimum absolute atomic E-state index is 0.0270. The van der Waals surface area contributed by atoms with Crippen LogP contribution in [0.15, 0.2) is 46.3 Å². The van der Waals surface area contributed by atoms with E-state index in [1.165, 1.54) is 24.3 Å². The fourth-order valence-corrected chi connectivity index (χ4v) is 2.27. The molecule has 102 valence electrons. The Morgan fingerprint density at radius 2 is 1.60 bits per heavy atom. The molecular weight excluding hydrogens is 284 g/mol. The smallest absolute Gasteiger partial charge is 0.275 e. The van der Waals surface area contributed by atoms with Gasteiger partial charge in [-0.25, -0.2) is 4.98 Å². The molecule has 2 aromatic rings. The van der Waals surface area contributed by atoms with Gasteiger partial charge in [0.1, 0.15) is 10.8 Å². The number of nitro groups is 2. The first-order chi connectivity index (χ1) is 9.45. The van der Waals surface area contributed by atoms with Gasteiger partial charge in [-0.1, -0.05) is 11.8 Å². The van der Waals surface area contributed by atoms with E-state index >= 15 is 0 Å². The maximum Gasteiger partial charge on any atom is 0.275 e. The fourth-order valence-electron chi connectivity index (χ4n) is 1.43. The van der Waals surface area contributed by atoms with Gasteiger partial charge < -0.3 is 5.73 Å². The Morgan fingerprint density at radius 1 is 1.00 bits per heavy atom. The van der Waals surface area contributed by atoms with Crippen LogP contribution in [0.1, 0.15) is 0 Å². The summed E-state index contributed by atoms with van der Waals surface area (Å²) in [5.41, 5.74) is 5.32. The normalized spacial score (nSPS) is 10.2. The standard InChI is InChI=1S/C11H8N4O4S/c12-10-5-8(15(18)19)6-11(13-10)20-9-3-1-7(2-4-9)14(16)17/h1-6H,(H2,12,13). The molecule has 1 heterocycles. The van der Waals surface area contributed by atoms with Gasteiger partial charge in [0.05, 0.1) is 15.9 Å². The Morgan fingerprint density at radius 3 is 2.15 bits per heavy atom. The zero-order chi connectivity index (χ0) is 14.7. The van der Waals surface area contributed by atoms with E-state index in [0.29, 0.717) is 9.92 Å². The molecule has 1 aromatic carbocycles. The van der Waals surface area contributed by atoms with Crippen molar-refractivity contribution >= 4 is 29.0 Å².